The van der Waals surface area contributed by atoms with E-state index in [1.54, 1.807) is 0 Å². The Balaban J connectivity index is 2.51. The molecule has 2 rings (SSSR count). The maximum absolute atomic E-state index is 13.6. The van der Waals surface area contributed by atoms with Crippen molar-refractivity contribution in [3.8, 4) is 0 Å². The van der Waals surface area contributed by atoms with Crippen molar-refractivity contribution in [1.29, 1.82) is 0 Å². The minimum absolute atomic E-state index is 0.323. The van der Waals surface area contributed by atoms with E-state index in [2.05, 4.69) is 33.0 Å². The normalized spacial score (nSPS) is 12.0. The van der Waals surface area contributed by atoms with Crippen LogP contribution in [-0.2, 0) is 13.0 Å². The zero-order valence-corrected chi connectivity index (χ0v) is 13.1. The van der Waals surface area contributed by atoms with Crippen LogP contribution in [0, 0.1) is 11.7 Å². The third-order valence-electron chi connectivity index (χ3n) is 3.18. The number of rotatable bonds is 5. The molecule has 0 fully saturated rings. The molecule has 0 saturated heterocycles. The van der Waals surface area contributed by atoms with Crippen LogP contribution in [-0.4, -0.2) is 6.04 Å². The van der Waals surface area contributed by atoms with E-state index in [1.165, 1.54) is 12.1 Å². The molecule has 0 unspecified atom stereocenters. The quantitative estimate of drug-likeness (QED) is 0.847. The first kappa shape index (κ1) is 15.3. The molecular formula is C16H21ClFNO. The van der Waals surface area contributed by atoms with Gasteiger partial charge in [-0.25, -0.2) is 4.39 Å². The van der Waals surface area contributed by atoms with Crippen molar-refractivity contribution in [3.05, 3.63) is 34.3 Å². The molecule has 1 aromatic heterocycles. The molecule has 0 spiro atoms. The number of hydrogen-bond acceptors (Lipinski definition) is 2. The van der Waals surface area contributed by atoms with Gasteiger partial charge in [0, 0.05) is 17.0 Å². The summed E-state index contributed by atoms with van der Waals surface area (Å²) in [4.78, 5) is 0. The molecule has 1 aromatic carbocycles. The first-order chi connectivity index (χ1) is 9.38. The first-order valence-electron chi connectivity index (χ1n) is 7.01. The minimum Gasteiger partial charge on any atom is -0.458 e. The lowest BCUT2D eigenvalue weighted by atomic mass is 9.99. The Morgan fingerprint density at radius 3 is 2.55 bits per heavy atom. The number of furan rings is 1. The molecule has 0 aliphatic rings. The predicted molar refractivity (Wildman–Crippen MR) is 81.7 cm³/mol. The predicted octanol–water partition coefficient (Wildman–Crippen LogP) is 4.92. The maximum Gasteiger partial charge on any atom is 0.153 e. The van der Waals surface area contributed by atoms with E-state index < -0.39 is 0 Å². The molecule has 2 nitrogen and oxygen atoms in total. The second kappa shape index (κ2) is 6.15. The van der Waals surface area contributed by atoms with Crippen LogP contribution < -0.4 is 5.32 Å². The molecule has 4 heteroatoms. The van der Waals surface area contributed by atoms with Gasteiger partial charge in [-0.3, -0.25) is 0 Å². The molecule has 0 saturated carbocycles. The summed E-state index contributed by atoms with van der Waals surface area (Å²) in [5, 5.41) is 4.47. The van der Waals surface area contributed by atoms with Gasteiger partial charge in [-0.15, -0.1) is 0 Å². The fourth-order valence-corrected chi connectivity index (χ4v) is 2.54. The van der Waals surface area contributed by atoms with Gasteiger partial charge in [0.15, 0.2) is 5.58 Å². The summed E-state index contributed by atoms with van der Waals surface area (Å²) in [6.07, 6.45) is 0.849. The Labute approximate surface area is 124 Å². The Morgan fingerprint density at radius 2 is 1.95 bits per heavy atom. The maximum atomic E-state index is 13.6. The number of fused-ring (bicyclic) bond motifs is 1. The molecule has 0 bridgehead atoms. The lowest BCUT2D eigenvalue weighted by molar-refractivity contribution is 0.478. The highest BCUT2D eigenvalue weighted by atomic mass is 35.5. The average Bonchev–Trinajstić information content (AvgIpc) is 2.65. The largest absolute Gasteiger partial charge is 0.458 e. The first-order valence-corrected chi connectivity index (χ1v) is 7.39. The van der Waals surface area contributed by atoms with Gasteiger partial charge in [0.25, 0.3) is 0 Å². The highest BCUT2D eigenvalue weighted by Gasteiger charge is 2.18. The van der Waals surface area contributed by atoms with Crippen molar-refractivity contribution in [2.45, 2.75) is 46.7 Å². The molecule has 1 heterocycles. The fourth-order valence-electron chi connectivity index (χ4n) is 2.29. The Morgan fingerprint density at radius 1 is 1.25 bits per heavy atom. The van der Waals surface area contributed by atoms with Crippen molar-refractivity contribution >= 4 is 22.6 Å². The summed E-state index contributed by atoms with van der Waals surface area (Å²) < 4.78 is 19.5. The van der Waals surface area contributed by atoms with Crippen LogP contribution >= 0.6 is 11.6 Å². The topological polar surface area (TPSA) is 25.2 Å². The average molecular weight is 298 g/mol. The molecule has 0 amide bonds. The van der Waals surface area contributed by atoms with Gasteiger partial charge < -0.3 is 9.73 Å². The van der Waals surface area contributed by atoms with Crippen LogP contribution in [0.15, 0.2) is 16.5 Å². The van der Waals surface area contributed by atoms with Gasteiger partial charge in [0.2, 0.25) is 0 Å². The van der Waals surface area contributed by atoms with Gasteiger partial charge in [-0.2, -0.15) is 0 Å². The van der Waals surface area contributed by atoms with Crippen LogP contribution in [0.1, 0.15) is 39.0 Å². The van der Waals surface area contributed by atoms with Crippen molar-refractivity contribution in [2.75, 3.05) is 0 Å². The van der Waals surface area contributed by atoms with Gasteiger partial charge in [0.05, 0.1) is 11.6 Å². The van der Waals surface area contributed by atoms with E-state index in [9.17, 15) is 4.39 Å². The Bertz CT molecular complexity index is 604. The van der Waals surface area contributed by atoms with Crippen molar-refractivity contribution in [3.63, 3.8) is 0 Å². The van der Waals surface area contributed by atoms with Gasteiger partial charge in [0.1, 0.15) is 11.6 Å². The highest BCUT2D eigenvalue weighted by Crippen LogP contribution is 2.33. The fraction of sp³-hybridized carbons (Fsp3) is 0.500. The molecule has 0 radical (unpaired) electrons. The smallest absolute Gasteiger partial charge is 0.153 e. The molecular weight excluding hydrogens is 277 g/mol. The van der Waals surface area contributed by atoms with Crippen molar-refractivity contribution in [2.24, 2.45) is 5.92 Å². The Hall–Kier alpha value is -1.06. The lowest BCUT2D eigenvalue weighted by Crippen LogP contribution is -2.22. The van der Waals surface area contributed by atoms with E-state index in [-0.39, 0.29) is 5.82 Å². The SMILES string of the molecule is CC(C)Cc1c(CNC(C)C)oc2c(Cl)cc(F)cc12. The van der Waals surface area contributed by atoms with Crippen LogP contribution in [0.2, 0.25) is 5.02 Å². The summed E-state index contributed by atoms with van der Waals surface area (Å²) in [6.45, 7) is 9.07. The van der Waals surface area contributed by atoms with Gasteiger partial charge in [-0.05, 0) is 24.5 Å². The van der Waals surface area contributed by atoms with E-state index in [0.717, 1.165) is 23.1 Å². The van der Waals surface area contributed by atoms with E-state index >= 15 is 0 Å². The molecule has 2 aromatic rings. The summed E-state index contributed by atoms with van der Waals surface area (Å²) in [7, 11) is 0. The van der Waals surface area contributed by atoms with Crippen LogP contribution in [0.25, 0.3) is 11.0 Å². The minimum atomic E-state index is -0.323. The molecule has 20 heavy (non-hydrogen) atoms. The standard InChI is InChI=1S/C16H21ClFNO/c1-9(2)5-12-13-6-11(18)7-14(17)16(13)20-15(12)8-19-10(3)4/h6-7,9-10,19H,5,8H2,1-4H3. The summed E-state index contributed by atoms with van der Waals surface area (Å²) >= 11 is 6.09. The van der Waals surface area contributed by atoms with Crippen molar-refractivity contribution < 1.29 is 8.81 Å². The monoisotopic (exact) mass is 297 g/mol. The number of hydrogen-bond donors (Lipinski definition) is 1. The van der Waals surface area contributed by atoms with E-state index in [0.29, 0.717) is 29.1 Å². The summed E-state index contributed by atoms with van der Waals surface area (Å²) in [6, 6.07) is 3.18. The van der Waals surface area contributed by atoms with E-state index in [1.807, 2.05) is 0 Å². The lowest BCUT2D eigenvalue weighted by Gasteiger charge is -2.09. The van der Waals surface area contributed by atoms with Crippen molar-refractivity contribution in [1.82, 2.24) is 5.32 Å². The molecule has 0 aliphatic carbocycles. The van der Waals surface area contributed by atoms with Crippen LogP contribution in [0.5, 0.6) is 0 Å². The molecule has 0 aliphatic heterocycles. The number of benzene rings is 1. The van der Waals surface area contributed by atoms with Gasteiger partial charge >= 0.3 is 0 Å². The molecule has 1 N–H and O–H groups in total. The second-order valence-electron chi connectivity index (χ2n) is 5.90. The number of halogens is 2. The van der Waals surface area contributed by atoms with E-state index in [4.69, 9.17) is 16.0 Å². The molecule has 110 valence electrons. The zero-order valence-electron chi connectivity index (χ0n) is 12.4. The molecule has 0 atom stereocenters. The van der Waals surface area contributed by atoms with Crippen LogP contribution in [0.4, 0.5) is 4.39 Å². The third kappa shape index (κ3) is 3.33. The second-order valence-corrected chi connectivity index (χ2v) is 6.31. The highest BCUT2D eigenvalue weighted by molar-refractivity contribution is 6.34. The van der Waals surface area contributed by atoms with Crippen LogP contribution in [0.3, 0.4) is 0 Å². The zero-order chi connectivity index (χ0) is 14.9. The summed E-state index contributed by atoms with van der Waals surface area (Å²) in [5.74, 6) is 1.00. The third-order valence-corrected chi connectivity index (χ3v) is 3.46. The number of nitrogens with one attached hydrogen (secondary N) is 1. The Kier molecular flexibility index (Phi) is 4.71. The summed E-state index contributed by atoms with van der Waals surface area (Å²) in [5.41, 5.74) is 1.65. The van der Waals surface area contributed by atoms with Gasteiger partial charge in [-0.1, -0.05) is 39.3 Å².